The number of nitrogens with zero attached hydrogens (tertiary/aromatic N) is 2. The van der Waals surface area contributed by atoms with Crippen LogP contribution in [0.3, 0.4) is 0 Å². The molecule has 1 saturated heterocycles. The van der Waals surface area contributed by atoms with Gasteiger partial charge in [-0.3, -0.25) is 9.59 Å². The number of nitrogens with one attached hydrogen (secondary N) is 2. The lowest BCUT2D eigenvalue weighted by atomic mass is 10.1. The minimum Gasteiger partial charge on any atom is -0.495 e. The first-order chi connectivity index (χ1) is 18.0. The molecule has 1 heterocycles. The third kappa shape index (κ3) is 6.61. The second-order valence-corrected chi connectivity index (χ2v) is 9.50. The van der Waals surface area contributed by atoms with Crippen LogP contribution in [0.25, 0.3) is 0 Å². The first-order valence-corrected chi connectivity index (χ1v) is 12.9. The molecule has 0 bridgehead atoms. The van der Waals surface area contributed by atoms with Crippen LogP contribution in [0, 0.1) is 0 Å². The summed E-state index contributed by atoms with van der Waals surface area (Å²) in [5.41, 5.74) is 3.49. The summed E-state index contributed by atoms with van der Waals surface area (Å²) in [6.45, 7) is 3.85. The largest absolute Gasteiger partial charge is 0.495 e. The maximum Gasteiger partial charge on any atom is 0.255 e. The average Bonchev–Trinajstić information content (AvgIpc) is 2.93. The number of piperazine rings is 1. The lowest BCUT2D eigenvalue weighted by molar-refractivity contribution is 0.0936. The van der Waals surface area contributed by atoms with Gasteiger partial charge in [0.25, 0.3) is 11.8 Å². The number of halogens is 1. The van der Waals surface area contributed by atoms with Crippen molar-refractivity contribution in [2.45, 2.75) is 0 Å². The summed E-state index contributed by atoms with van der Waals surface area (Å²) in [5.74, 6) is 0.399. The lowest BCUT2D eigenvalue weighted by Crippen LogP contribution is -2.47. The van der Waals surface area contributed by atoms with Gasteiger partial charge in [-0.25, -0.2) is 0 Å². The fourth-order valence-corrected chi connectivity index (χ4v) is 4.58. The zero-order valence-electron chi connectivity index (χ0n) is 21.0. The van der Waals surface area contributed by atoms with Gasteiger partial charge in [-0.1, -0.05) is 28.1 Å². The fraction of sp³-hybridized carbons (Fsp3) is 0.286. The summed E-state index contributed by atoms with van der Waals surface area (Å²) in [6.07, 6.45) is 0. The molecule has 3 aromatic rings. The lowest BCUT2D eigenvalue weighted by Gasteiger charge is -2.38. The topological polar surface area (TPSA) is 83.1 Å². The fourth-order valence-electron chi connectivity index (χ4n) is 4.32. The summed E-state index contributed by atoms with van der Waals surface area (Å²) in [6, 6.07) is 20.6. The van der Waals surface area contributed by atoms with Crippen LogP contribution in [0.5, 0.6) is 5.75 Å². The number of ether oxygens (including phenoxy) is 2. The predicted octanol–water partition coefficient (Wildman–Crippen LogP) is 4.41. The van der Waals surface area contributed by atoms with Crippen molar-refractivity contribution in [2.24, 2.45) is 0 Å². The molecule has 3 aromatic carbocycles. The van der Waals surface area contributed by atoms with Gasteiger partial charge in [-0.2, -0.15) is 0 Å². The number of anilines is 3. The number of benzene rings is 3. The van der Waals surface area contributed by atoms with Crippen molar-refractivity contribution in [2.75, 3.05) is 68.7 Å². The Morgan fingerprint density at radius 3 is 2.22 bits per heavy atom. The van der Waals surface area contributed by atoms with Gasteiger partial charge >= 0.3 is 0 Å². The molecule has 0 aromatic heterocycles. The molecule has 2 N–H and O–H groups in total. The van der Waals surface area contributed by atoms with E-state index < -0.39 is 0 Å². The molecular formula is C28H31BrN4O4. The van der Waals surface area contributed by atoms with E-state index >= 15 is 0 Å². The minimum atomic E-state index is -0.239. The number of amides is 2. The van der Waals surface area contributed by atoms with Crippen LogP contribution in [0.2, 0.25) is 0 Å². The number of carbonyl (C=O) groups is 2. The third-order valence-corrected chi connectivity index (χ3v) is 6.77. The molecule has 8 nitrogen and oxygen atoms in total. The smallest absolute Gasteiger partial charge is 0.255 e. The van der Waals surface area contributed by atoms with Crippen LogP contribution >= 0.6 is 15.9 Å². The van der Waals surface area contributed by atoms with Crippen molar-refractivity contribution in [3.05, 3.63) is 82.3 Å². The van der Waals surface area contributed by atoms with Gasteiger partial charge in [0.1, 0.15) is 5.75 Å². The summed E-state index contributed by atoms with van der Waals surface area (Å²) >= 11 is 3.38. The van der Waals surface area contributed by atoms with E-state index in [2.05, 4.69) is 42.4 Å². The van der Waals surface area contributed by atoms with E-state index in [9.17, 15) is 9.59 Å². The summed E-state index contributed by atoms with van der Waals surface area (Å²) in [5, 5.41) is 5.82. The number of methoxy groups -OCH3 is 2. The van der Waals surface area contributed by atoms with Gasteiger partial charge in [-0.15, -0.1) is 0 Å². The van der Waals surface area contributed by atoms with E-state index in [1.807, 2.05) is 42.5 Å². The highest BCUT2D eigenvalue weighted by molar-refractivity contribution is 9.10. The molecule has 0 aliphatic carbocycles. The SMILES string of the molecule is COCCNC(=O)c1cc(NC(=O)c2ccc(Br)cc2)ccc1N1CCN(c2ccccc2OC)CC1. The van der Waals surface area contributed by atoms with Crippen LogP contribution in [0.15, 0.2) is 71.2 Å². The van der Waals surface area contributed by atoms with Crippen molar-refractivity contribution >= 4 is 44.8 Å². The number of hydrogen-bond acceptors (Lipinski definition) is 6. The molecule has 9 heteroatoms. The molecular weight excluding hydrogens is 536 g/mol. The standard InChI is InChI=1S/C28H31BrN4O4/c1-36-18-13-30-28(35)23-19-22(31-27(34)20-7-9-21(29)10-8-20)11-12-24(23)32-14-16-33(17-15-32)25-5-3-4-6-26(25)37-2/h3-12,19H,13-18H2,1-2H3,(H,30,35)(H,31,34). The molecule has 0 saturated carbocycles. The van der Waals surface area contributed by atoms with Crippen LogP contribution in [0.1, 0.15) is 20.7 Å². The first-order valence-electron chi connectivity index (χ1n) is 12.1. The predicted molar refractivity (Wildman–Crippen MR) is 150 cm³/mol. The maximum atomic E-state index is 13.2. The number of hydrogen-bond donors (Lipinski definition) is 2. The monoisotopic (exact) mass is 566 g/mol. The molecule has 2 amide bonds. The van der Waals surface area contributed by atoms with Gasteiger partial charge in [0, 0.05) is 61.2 Å². The molecule has 0 unspecified atom stereocenters. The van der Waals surface area contributed by atoms with Crippen molar-refractivity contribution in [3.8, 4) is 5.75 Å². The van der Waals surface area contributed by atoms with E-state index in [0.717, 1.165) is 47.8 Å². The van der Waals surface area contributed by atoms with Crippen molar-refractivity contribution in [1.82, 2.24) is 5.32 Å². The quantitative estimate of drug-likeness (QED) is 0.373. The first kappa shape index (κ1) is 26.5. The number of rotatable bonds is 9. The van der Waals surface area contributed by atoms with Gasteiger partial charge in [0.2, 0.25) is 0 Å². The second kappa shape index (κ2) is 12.6. The van der Waals surface area contributed by atoms with Gasteiger partial charge in [0.05, 0.1) is 25.0 Å². The Kier molecular flexibility index (Phi) is 9.03. The average molecular weight is 567 g/mol. The number of para-hydroxylation sites is 2. The second-order valence-electron chi connectivity index (χ2n) is 8.59. The van der Waals surface area contributed by atoms with E-state index in [-0.39, 0.29) is 11.8 Å². The van der Waals surface area contributed by atoms with Crippen LogP contribution in [0.4, 0.5) is 17.1 Å². The minimum absolute atomic E-state index is 0.209. The highest BCUT2D eigenvalue weighted by Crippen LogP contribution is 2.31. The Bertz CT molecular complexity index is 1230. The molecule has 1 aliphatic heterocycles. The molecule has 1 aliphatic rings. The molecule has 194 valence electrons. The Labute approximate surface area is 225 Å². The van der Waals surface area contributed by atoms with Crippen LogP contribution in [-0.4, -0.2) is 65.4 Å². The zero-order valence-corrected chi connectivity index (χ0v) is 22.6. The molecule has 1 fully saturated rings. The van der Waals surface area contributed by atoms with E-state index in [1.165, 1.54) is 0 Å². The van der Waals surface area contributed by atoms with Crippen LogP contribution < -0.4 is 25.2 Å². The van der Waals surface area contributed by atoms with E-state index in [4.69, 9.17) is 9.47 Å². The molecule has 0 radical (unpaired) electrons. The van der Waals surface area contributed by atoms with E-state index in [0.29, 0.717) is 30.0 Å². The Morgan fingerprint density at radius 2 is 1.54 bits per heavy atom. The summed E-state index contributed by atoms with van der Waals surface area (Å²) < 4.78 is 11.5. The zero-order chi connectivity index (χ0) is 26.2. The Hall–Kier alpha value is -3.56. The van der Waals surface area contributed by atoms with Gasteiger partial charge in [0.15, 0.2) is 0 Å². The highest BCUT2D eigenvalue weighted by Gasteiger charge is 2.24. The van der Waals surface area contributed by atoms with Crippen molar-refractivity contribution < 1.29 is 19.1 Å². The summed E-state index contributed by atoms with van der Waals surface area (Å²) in [4.78, 5) is 30.4. The Morgan fingerprint density at radius 1 is 0.865 bits per heavy atom. The normalized spacial score (nSPS) is 13.3. The van der Waals surface area contributed by atoms with Crippen molar-refractivity contribution in [3.63, 3.8) is 0 Å². The summed E-state index contributed by atoms with van der Waals surface area (Å²) in [7, 11) is 3.28. The molecule has 0 atom stereocenters. The number of carbonyl (C=O) groups excluding carboxylic acids is 2. The molecule has 0 spiro atoms. The Balaban J connectivity index is 1.53. The maximum absolute atomic E-state index is 13.2. The highest BCUT2D eigenvalue weighted by atomic mass is 79.9. The van der Waals surface area contributed by atoms with Gasteiger partial charge < -0.3 is 29.9 Å². The van der Waals surface area contributed by atoms with Crippen molar-refractivity contribution in [1.29, 1.82) is 0 Å². The molecule has 37 heavy (non-hydrogen) atoms. The van der Waals surface area contributed by atoms with E-state index in [1.54, 1.807) is 32.4 Å². The third-order valence-electron chi connectivity index (χ3n) is 6.24. The van der Waals surface area contributed by atoms with Gasteiger partial charge in [-0.05, 0) is 54.6 Å². The van der Waals surface area contributed by atoms with Crippen LogP contribution in [-0.2, 0) is 4.74 Å². The molecule has 4 rings (SSSR count).